The van der Waals surface area contributed by atoms with Crippen molar-refractivity contribution in [2.45, 2.75) is 20.8 Å². The Labute approximate surface area is 114 Å². The van der Waals surface area contributed by atoms with Gasteiger partial charge in [0.2, 0.25) is 5.91 Å². The minimum atomic E-state index is 0.100. The lowest BCUT2D eigenvalue weighted by Crippen LogP contribution is -2.39. The van der Waals surface area contributed by atoms with Crippen LogP contribution < -0.4 is 10.2 Å². The molecule has 106 valence electrons. The molecule has 0 fully saturated rings. The van der Waals surface area contributed by atoms with Crippen molar-refractivity contribution in [2.75, 3.05) is 43.4 Å². The van der Waals surface area contributed by atoms with Gasteiger partial charge in [-0.15, -0.1) is 0 Å². The molecule has 1 amide bonds. The maximum Gasteiger partial charge on any atom is 0.242 e. The first kappa shape index (κ1) is 15.2. The van der Waals surface area contributed by atoms with E-state index < -0.39 is 0 Å². The average molecular weight is 265 g/mol. The number of likely N-dealkylation sites (N-methyl/N-ethyl adjacent to an activating group) is 2. The Hall–Kier alpha value is -1.85. The van der Waals surface area contributed by atoms with Gasteiger partial charge in [-0.2, -0.15) is 0 Å². The van der Waals surface area contributed by atoms with Crippen molar-refractivity contribution in [2.24, 2.45) is 0 Å². The SMILES string of the molecule is CCNc1cncc(N(C)CC(=O)N(CC)CC)n1. The molecule has 0 aromatic carbocycles. The lowest BCUT2D eigenvalue weighted by molar-refractivity contribution is -0.129. The molecule has 1 rings (SSSR count). The van der Waals surface area contributed by atoms with E-state index in [0.29, 0.717) is 12.4 Å². The summed E-state index contributed by atoms with van der Waals surface area (Å²) in [7, 11) is 1.85. The number of carbonyl (C=O) groups is 1. The maximum atomic E-state index is 12.0. The highest BCUT2D eigenvalue weighted by molar-refractivity contribution is 5.81. The Balaban J connectivity index is 2.69. The van der Waals surface area contributed by atoms with Crippen molar-refractivity contribution in [3.05, 3.63) is 12.4 Å². The first-order valence-electron chi connectivity index (χ1n) is 6.67. The summed E-state index contributed by atoms with van der Waals surface area (Å²) in [5.74, 6) is 1.52. The fraction of sp³-hybridized carbons (Fsp3) is 0.615. The molecule has 0 radical (unpaired) electrons. The van der Waals surface area contributed by atoms with Gasteiger partial charge in [0.05, 0.1) is 18.9 Å². The van der Waals surface area contributed by atoms with Crippen LogP contribution in [-0.4, -0.2) is 54.0 Å². The minimum absolute atomic E-state index is 0.100. The molecule has 0 unspecified atom stereocenters. The van der Waals surface area contributed by atoms with Crippen molar-refractivity contribution in [1.29, 1.82) is 0 Å². The van der Waals surface area contributed by atoms with Crippen LogP contribution >= 0.6 is 0 Å². The normalized spacial score (nSPS) is 10.1. The number of nitrogens with one attached hydrogen (secondary N) is 1. The molecule has 0 atom stereocenters. The number of aromatic nitrogens is 2. The fourth-order valence-corrected chi connectivity index (χ4v) is 1.77. The fourth-order valence-electron chi connectivity index (χ4n) is 1.77. The number of nitrogens with zero attached hydrogens (tertiary/aromatic N) is 4. The second kappa shape index (κ2) is 7.56. The first-order valence-corrected chi connectivity index (χ1v) is 6.67. The topological polar surface area (TPSA) is 61.4 Å². The quantitative estimate of drug-likeness (QED) is 0.803. The van der Waals surface area contributed by atoms with Gasteiger partial charge in [-0.3, -0.25) is 9.78 Å². The van der Waals surface area contributed by atoms with E-state index in [1.165, 1.54) is 0 Å². The van der Waals surface area contributed by atoms with Crippen LogP contribution in [0.25, 0.3) is 0 Å². The van der Waals surface area contributed by atoms with E-state index in [4.69, 9.17) is 0 Å². The molecule has 0 aliphatic rings. The summed E-state index contributed by atoms with van der Waals surface area (Å²) in [5, 5.41) is 3.11. The summed E-state index contributed by atoms with van der Waals surface area (Å²) in [6.07, 6.45) is 3.34. The zero-order valence-corrected chi connectivity index (χ0v) is 12.2. The number of amides is 1. The standard InChI is InChI=1S/C13H23N5O/c1-5-15-11-8-14-9-12(16-11)17(4)10-13(19)18(6-2)7-3/h8-9H,5-7,10H2,1-4H3,(H,15,16). The van der Waals surface area contributed by atoms with Gasteiger partial charge in [-0.05, 0) is 20.8 Å². The first-order chi connectivity index (χ1) is 9.12. The van der Waals surface area contributed by atoms with Crippen LogP contribution in [0.15, 0.2) is 12.4 Å². The van der Waals surface area contributed by atoms with Crippen molar-refractivity contribution < 1.29 is 4.79 Å². The largest absolute Gasteiger partial charge is 0.369 e. The van der Waals surface area contributed by atoms with Gasteiger partial charge in [-0.1, -0.05) is 0 Å². The molecule has 0 spiro atoms. The van der Waals surface area contributed by atoms with Crippen molar-refractivity contribution in [1.82, 2.24) is 14.9 Å². The molecule has 6 nitrogen and oxygen atoms in total. The summed E-state index contributed by atoms with van der Waals surface area (Å²) < 4.78 is 0. The third-order valence-electron chi connectivity index (χ3n) is 2.86. The van der Waals surface area contributed by atoms with Crippen LogP contribution in [0.1, 0.15) is 20.8 Å². The Kier molecular flexibility index (Phi) is 6.05. The summed E-state index contributed by atoms with van der Waals surface area (Å²) in [6.45, 7) is 8.52. The van der Waals surface area contributed by atoms with Crippen molar-refractivity contribution >= 4 is 17.5 Å². The molecule has 1 N–H and O–H groups in total. The molecule has 0 bridgehead atoms. The number of hydrogen-bond donors (Lipinski definition) is 1. The van der Waals surface area contributed by atoms with E-state index in [-0.39, 0.29) is 5.91 Å². The van der Waals surface area contributed by atoms with Crippen LogP contribution in [0.2, 0.25) is 0 Å². The molecular formula is C13H23N5O. The molecule has 0 aliphatic heterocycles. The van der Waals surface area contributed by atoms with Gasteiger partial charge in [-0.25, -0.2) is 4.98 Å². The third-order valence-corrected chi connectivity index (χ3v) is 2.86. The molecule has 0 saturated carbocycles. The molecule has 19 heavy (non-hydrogen) atoms. The van der Waals surface area contributed by atoms with Crippen LogP contribution in [0.5, 0.6) is 0 Å². The molecule has 0 aliphatic carbocycles. The van der Waals surface area contributed by atoms with Crippen LogP contribution in [0, 0.1) is 0 Å². The predicted octanol–water partition coefficient (Wildman–Crippen LogP) is 1.21. The number of carbonyl (C=O) groups excluding carboxylic acids is 1. The van der Waals surface area contributed by atoms with E-state index in [1.54, 1.807) is 17.3 Å². The number of anilines is 2. The Bertz CT molecular complexity index is 406. The van der Waals surface area contributed by atoms with E-state index in [0.717, 1.165) is 25.5 Å². The molecule has 1 aromatic rings. The van der Waals surface area contributed by atoms with Crippen molar-refractivity contribution in [3.63, 3.8) is 0 Å². The van der Waals surface area contributed by atoms with Crippen LogP contribution in [0.4, 0.5) is 11.6 Å². The molecule has 6 heteroatoms. The van der Waals surface area contributed by atoms with E-state index in [1.807, 2.05) is 32.7 Å². The minimum Gasteiger partial charge on any atom is -0.369 e. The second-order valence-corrected chi connectivity index (χ2v) is 4.21. The summed E-state index contributed by atoms with van der Waals surface area (Å²) in [6, 6.07) is 0. The summed E-state index contributed by atoms with van der Waals surface area (Å²) in [4.78, 5) is 24.2. The van der Waals surface area contributed by atoms with E-state index in [2.05, 4.69) is 15.3 Å². The van der Waals surface area contributed by atoms with Gasteiger partial charge in [0.15, 0.2) is 0 Å². The Morgan fingerprint density at radius 2 is 1.95 bits per heavy atom. The zero-order valence-electron chi connectivity index (χ0n) is 12.2. The van der Waals surface area contributed by atoms with Gasteiger partial charge in [0.1, 0.15) is 11.6 Å². The van der Waals surface area contributed by atoms with E-state index in [9.17, 15) is 4.79 Å². The Morgan fingerprint density at radius 1 is 1.26 bits per heavy atom. The molecular weight excluding hydrogens is 242 g/mol. The highest BCUT2D eigenvalue weighted by Crippen LogP contribution is 2.10. The molecule has 1 heterocycles. The average Bonchev–Trinajstić information content (AvgIpc) is 2.40. The Morgan fingerprint density at radius 3 is 2.53 bits per heavy atom. The summed E-state index contributed by atoms with van der Waals surface area (Å²) >= 11 is 0. The zero-order chi connectivity index (χ0) is 14.3. The lowest BCUT2D eigenvalue weighted by Gasteiger charge is -2.23. The van der Waals surface area contributed by atoms with Crippen molar-refractivity contribution in [3.8, 4) is 0 Å². The third kappa shape index (κ3) is 4.39. The van der Waals surface area contributed by atoms with Crippen LogP contribution in [-0.2, 0) is 4.79 Å². The highest BCUT2D eigenvalue weighted by atomic mass is 16.2. The van der Waals surface area contributed by atoms with Gasteiger partial charge >= 0.3 is 0 Å². The van der Waals surface area contributed by atoms with Gasteiger partial charge in [0, 0.05) is 26.7 Å². The molecule has 0 saturated heterocycles. The second-order valence-electron chi connectivity index (χ2n) is 4.21. The maximum absolute atomic E-state index is 12.0. The highest BCUT2D eigenvalue weighted by Gasteiger charge is 2.13. The van der Waals surface area contributed by atoms with Gasteiger partial charge < -0.3 is 15.1 Å². The van der Waals surface area contributed by atoms with Gasteiger partial charge in [0.25, 0.3) is 0 Å². The smallest absolute Gasteiger partial charge is 0.242 e. The predicted molar refractivity (Wildman–Crippen MR) is 77.4 cm³/mol. The summed E-state index contributed by atoms with van der Waals surface area (Å²) in [5.41, 5.74) is 0. The van der Waals surface area contributed by atoms with Crippen LogP contribution in [0.3, 0.4) is 0 Å². The molecule has 1 aromatic heterocycles. The van der Waals surface area contributed by atoms with E-state index >= 15 is 0 Å². The number of hydrogen-bond acceptors (Lipinski definition) is 5. The monoisotopic (exact) mass is 265 g/mol. The number of rotatable bonds is 7. The lowest BCUT2D eigenvalue weighted by atomic mass is 10.4.